The van der Waals surface area contributed by atoms with Gasteiger partial charge in [-0.1, -0.05) is 62.7 Å². The lowest BCUT2D eigenvalue weighted by atomic mass is 9.85. The number of rotatable bonds is 3. The highest BCUT2D eigenvalue weighted by molar-refractivity contribution is 7.14. The Labute approximate surface area is 192 Å². The first kappa shape index (κ1) is 22.0. The number of Topliss-reactive ketones (excluding diaryl/α,β-unsaturated/α-hetero) is 1. The van der Waals surface area contributed by atoms with Crippen LogP contribution in [-0.4, -0.2) is 21.8 Å². The number of aliphatic hydroxyl groups excluding tert-OH is 1. The van der Waals surface area contributed by atoms with E-state index in [9.17, 15) is 14.7 Å². The maximum absolute atomic E-state index is 13.2. The van der Waals surface area contributed by atoms with Crippen LogP contribution in [0.2, 0.25) is 0 Å². The standard InChI is InChI=1S/C26H26N2O3S/c1-15-6-7-16(2)19(14-15)22(29)20-21(17-8-10-18(11-9-17)26(3,4)5)28(24(31)23(20)30)25-27-12-13-32-25/h6-14,21,29H,1-5H3/b22-20+. The molecule has 0 bridgehead atoms. The van der Waals surface area contributed by atoms with Gasteiger partial charge in [0.25, 0.3) is 5.78 Å². The first-order valence-corrected chi connectivity index (χ1v) is 11.4. The molecule has 1 aliphatic heterocycles. The van der Waals surface area contributed by atoms with Crippen molar-refractivity contribution in [2.75, 3.05) is 4.90 Å². The average molecular weight is 447 g/mol. The molecule has 2 aromatic carbocycles. The molecule has 2 heterocycles. The van der Waals surface area contributed by atoms with Crippen LogP contribution in [0.25, 0.3) is 5.76 Å². The number of carbonyl (C=O) groups is 2. The molecule has 4 rings (SSSR count). The van der Waals surface area contributed by atoms with Gasteiger partial charge < -0.3 is 5.11 Å². The number of anilines is 1. The number of benzene rings is 2. The Hall–Kier alpha value is -3.25. The van der Waals surface area contributed by atoms with Crippen molar-refractivity contribution in [3.63, 3.8) is 0 Å². The normalized spacial score (nSPS) is 18.4. The zero-order chi connectivity index (χ0) is 23.2. The van der Waals surface area contributed by atoms with E-state index in [0.717, 1.165) is 22.3 Å². The Bertz CT molecular complexity index is 1220. The molecule has 5 nitrogen and oxygen atoms in total. The van der Waals surface area contributed by atoms with Crippen molar-refractivity contribution in [2.24, 2.45) is 0 Å². The Morgan fingerprint density at radius 3 is 2.34 bits per heavy atom. The molecule has 1 amide bonds. The fourth-order valence-electron chi connectivity index (χ4n) is 3.98. The van der Waals surface area contributed by atoms with Crippen LogP contribution >= 0.6 is 11.3 Å². The van der Waals surface area contributed by atoms with Gasteiger partial charge >= 0.3 is 5.91 Å². The van der Waals surface area contributed by atoms with E-state index in [1.807, 2.05) is 56.3 Å². The molecule has 1 N–H and O–H groups in total. The monoisotopic (exact) mass is 446 g/mol. The SMILES string of the molecule is Cc1ccc(C)c(/C(O)=C2\C(=O)C(=O)N(c3nccs3)C2c2ccc(C(C)(C)C)cc2)c1. The molecule has 1 aliphatic rings. The van der Waals surface area contributed by atoms with Gasteiger partial charge in [0.1, 0.15) is 5.76 Å². The van der Waals surface area contributed by atoms with E-state index in [1.165, 1.54) is 16.2 Å². The second-order valence-corrected chi connectivity index (χ2v) is 10.0. The molecule has 1 aromatic heterocycles. The van der Waals surface area contributed by atoms with Gasteiger partial charge in [-0.05, 0) is 42.0 Å². The lowest BCUT2D eigenvalue weighted by Gasteiger charge is -2.25. The molecule has 0 aliphatic carbocycles. The fraction of sp³-hybridized carbons (Fsp3) is 0.269. The van der Waals surface area contributed by atoms with Crippen LogP contribution in [0.4, 0.5) is 5.13 Å². The third-order valence-corrected chi connectivity index (χ3v) is 6.58. The van der Waals surface area contributed by atoms with Crippen LogP contribution < -0.4 is 4.90 Å². The van der Waals surface area contributed by atoms with E-state index in [-0.39, 0.29) is 16.7 Å². The minimum absolute atomic E-state index is 0.0334. The summed E-state index contributed by atoms with van der Waals surface area (Å²) in [6, 6.07) is 12.8. The molecule has 0 spiro atoms. The van der Waals surface area contributed by atoms with Gasteiger partial charge in [0, 0.05) is 17.1 Å². The smallest absolute Gasteiger partial charge is 0.301 e. The number of aryl methyl sites for hydroxylation is 2. The highest BCUT2D eigenvalue weighted by atomic mass is 32.1. The third kappa shape index (κ3) is 3.75. The number of amides is 1. The van der Waals surface area contributed by atoms with Gasteiger partial charge in [-0.2, -0.15) is 0 Å². The summed E-state index contributed by atoms with van der Waals surface area (Å²) < 4.78 is 0. The van der Waals surface area contributed by atoms with Gasteiger partial charge in [-0.25, -0.2) is 4.98 Å². The summed E-state index contributed by atoms with van der Waals surface area (Å²) in [5.74, 6) is -1.55. The van der Waals surface area contributed by atoms with Crippen LogP contribution in [0.1, 0.15) is 54.6 Å². The van der Waals surface area contributed by atoms with Gasteiger partial charge in [0.15, 0.2) is 5.13 Å². The van der Waals surface area contributed by atoms with E-state index < -0.39 is 17.7 Å². The van der Waals surface area contributed by atoms with Crippen molar-refractivity contribution in [1.29, 1.82) is 0 Å². The van der Waals surface area contributed by atoms with Gasteiger partial charge in [-0.3, -0.25) is 14.5 Å². The number of carbonyl (C=O) groups excluding carboxylic acids is 2. The molecule has 0 saturated carbocycles. The van der Waals surface area contributed by atoms with Crippen molar-refractivity contribution in [3.8, 4) is 0 Å². The van der Waals surface area contributed by atoms with Crippen molar-refractivity contribution < 1.29 is 14.7 Å². The number of aromatic nitrogens is 1. The number of thiazole rings is 1. The minimum Gasteiger partial charge on any atom is -0.507 e. The van der Waals surface area contributed by atoms with Crippen LogP contribution in [-0.2, 0) is 15.0 Å². The molecule has 0 radical (unpaired) electrons. The zero-order valence-electron chi connectivity index (χ0n) is 18.8. The summed E-state index contributed by atoms with van der Waals surface area (Å²) >= 11 is 1.28. The Morgan fingerprint density at radius 1 is 1.06 bits per heavy atom. The second-order valence-electron chi connectivity index (χ2n) is 9.17. The van der Waals surface area contributed by atoms with Gasteiger partial charge in [0.05, 0.1) is 11.6 Å². The largest absolute Gasteiger partial charge is 0.507 e. The quantitative estimate of drug-likeness (QED) is 0.319. The highest BCUT2D eigenvalue weighted by Gasteiger charge is 2.48. The third-order valence-electron chi connectivity index (χ3n) is 5.81. The van der Waals surface area contributed by atoms with Crippen LogP contribution in [0.3, 0.4) is 0 Å². The average Bonchev–Trinajstić information content (AvgIpc) is 3.36. The molecule has 1 unspecified atom stereocenters. The summed E-state index contributed by atoms with van der Waals surface area (Å²) in [5, 5.41) is 13.5. The maximum atomic E-state index is 13.2. The zero-order valence-corrected chi connectivity index (χ0v) is 19.7. The second kappa shape index (κ2) is 8.02. The highest BCUT2D eigenvalue weighted by Crippen LogP contribution is 2.43. The number of nitrogens with zero attached hydrogens (tertiary/aromatic N) is 2. The molecule has 1 atom stereocenters. The van der Waals surface area contributed by atoms with Gasteiger partial charge in [-0.15, -0.1) is 11.3 Å². The molecule has 6 heteroatoms. The lowest BCUT2D eigenvalue weighted by molar-refractivity contribution is -0.132. The van der Waals surface area contributed by atoms with E-state index in [0.29, 0.717) is 10.7 Å². The summed E-state index contributed by atoms with van der Waals surface area (Å²) in [4.78, 5) is 32.0. The van der Waals surface area contributed by atoms with E-state index in [1.54, 1.807) is 11.6 Å². The predicted octanol–water partition coefficient (Wildman–Crippen LogP) is 5.68. The van der Waals surface area contributed by atoms with Crippen molar-refractivity contribution in [1.82, 2.24) is 4.98 Å². The summed E-state index contributed by atoms with van der Waals surface area (Å²) in [5.41, 5.74) is 4.28. The van der Waals surface area contributed by atoms with Gasteiger partial charge in [0.2, 0.25) is 0 Å². The first-order chi connectivity index (χ1) is 15.1. The predicted molar refractivity (Wildman–Crippen MR) is 128 cm³/mol. The molecular weight excluding hydrogens is 420 g/mol. The number of hydrogen-bond acceptors (Lipinski definition) is 5. The van der Waals surface area contributed by atoms with E-state index >= 15 is 0 Å². The number of aliphatic hydroxyl groups is 1. The number of ketones is 1. The van der Waals surface area contributed by atoms with Crippen molar-refractivity contribution in [2.45, 2.75) is 46.1 Å². The molecule has 1 fully saturated rings. The Kier molecular flexibility index (Phi) is 5.51. The lowest BCUT2D eigenvalue weighted by Crippen LogP contribution is -2.29. The van der Waals surface area contributed by atoms with Crippen LogP contribution in [0, 0.1) is 13.8 Å². The molecule has 32 heavy (non-hydrogen) atoms. The summed E-state index contributed by atoms with van der Waals surface area (Å²) in [7, 11) is 0. The van der Waals surface area contributed by atoms with E-state index in [4.69, 9.17) is 0 Å². The first-order valence-electron chi connectivity index (χ1n) is 10.5. The van der Waals surface area contributed by atoms with Crippen LogP contribution in [0.15, 0.2) is 59.6 Å². The molecule has 1 saturated heterocycles. The topological polar surface area (TPSA) is 70.5 Å². The van der Waals surface area contributed by atoms with Crippen molar-refractivity contribution >= 4 is 33.9 Å². The Balaban J connectivity index is 1.94. The molecular formula is C26H26N2O3S. The summed E-state index contributed by atoms with van der Waals surface area (Å²) in [6.07, 6.45) is 1.60. The molecule has 3 aromatic rings. The van der Waals surface area contributed by atoms with Crippen molar-refractivity contribution in [3.05, 3.63) is 87.4 Å². The fourth-order valence-corrected chi connectivity index (χ4v) is 4.65. The van der Waals surface area contributed by atoms with Crippen LogP contribution in [0.5, 0.6) is 0 Å². The minimum atomic E-state index is -0.755. The Morgan fingerprint density at radius 2 is 1.75 bits per heavy atom. The number of hydrogen-bond donors (Lipinski definition) is 1. The molecule has 164 valence electrons. The summed E-state index contributed by atoms with van der Waals surface area (Å²) in [6.45, 7) is 10.2. The van der Waals surface area contributed by atoms with E-state index in [2.05, 4.69) is 25.8 Å². The maximum Gasteiger partial charge on any atom is 0.301 e.